The number of hydrogen-bond acceptors (Lipinski definition) is 4. The second-order valence-electron chi connectivity index (χ2n) is 2.91. The first kappa shape index (κ1) is 16.6. The molecule has 7 N–H and O–H groups in total. The van der Waals surface area contributed by atoms with Crippen molar-refractivity contribution in [3.8, 4) is 6.07 Å². The number of carboxylic acids is 1. The van der Waals surface area contributed by atoms with Gasteiger partial charge in [0, 0.05) is 13.0 Å². The molecule has 7 nitrogen and oxygen atoms in total. The molecule has 0 aliphatic carbocycles. The molecule has 0 rings (SSSR count). The van der Waals surface area contributed by atoms with Gasteiger partial charge in [-0.3, -0.25) is 9.79 Å². The van der Waals surface area contributed by atoms with Crippen molar-refractivity contribution in [2.45, 2.75) is 32.2 Å². The van der Waals surface area contributed by atoms with Crippen LogP contribution in [-0.4, -0.2) is 29.6 Å². The lowest BCUT2D eigenvalue weighted by Gasteiger charge is -2.03. The summed E-state index contributed by atoms with van der Waals surface area (Å²) in [7, 11) is 0. The minimum Gasteiger partial charge on any atom is -0.480 e. The zero-order valence-corrected chi connectivity index (χ0v) is 9.39. The summed E-state index contributed by atoms with van der Waals surface area (Å²) in [6.07, 6.45) is 1.58. The number of carboxylic acid groups (broad SMARTS) is 1. The summed E-state index contributed by atoms with van der Waals surface area (Å²) in [5.74, 6) is -0.987. The number of guanidine groups is 1. The molecule has 1 unspecified atom stereocenters. The summed E-state index contributed by atoms with van der Waals surface area (Å²) in [6.45, 7) is 2.24. The number of nitriles is 1. The topological polar surface area (TPSA) is 152 Å². The third kappa shape index (κ3) is 14.7. The molecule has 0 aromatic heterocycles. The standard InChI is InChI=1S/C6H14N4O2.C3H5N/c7-4(5(11)12)2-1-3-10-6(8)9;1-2-3-4/h4H,1-3,7H2,(H,11,12)(H4,8,9,10);2H2,1H3. The molecule has 0 aliphatic heterocycles. The fourth-order valence-corrected chi connectivity index (χ4v) is 0.643. The van der Waals surface area contributed by atoms with Gasteiger partial charge >= 0.3 is 5.97 Å². The third-order valence-electron chi connectivity index (χ3n) is 1.44. The molecule has 0 saturated heterocycles. The van der Waals surface area contributed by atoms with Crippen LogP contribution in [0.4, 0.5) is 0 Å². The Morgan fingerprint density at radius 2 is 2.06 bits per heavy atom. The van der Waals surface area contributed by atoms with E-state index in [0.717, 1.165) is 0 Å². The smallest absolute Gasteiger partial charge is 0.320 e. The fraction of sp³-hybridized carbons (Fsp3) is 0.667. The highest BCUT2D eigenvalue weighted by molar-refractivity contribution is 5.75. The SMILES string of the molecule is CCC#N.NC(N)=NCCCC(N)C(=O)O. The molecule has 0 radical (unpaired) electrons. The Kier molecular flexibility index (Phi) is 11.7. The molecule has 0 amide bonds. The maximum absolute atomic E-state index is 10.2. The number of aliphatic carboxylic acids is 1. The van der Waals surface area contributed by atoms with Crippen LogP contribution in [0.25, 0.3) is 0 Å². The lowest BCUT2D eigenvalue weighted by atomic mass is 10.2. The molecule has 0 aromatic carbocycles. The van der Waals surface area contributed by atoms with Crippen molar-refractivity contribution < 1.29 is 9.90 Å². The molecular weight excluding hydrogens is 210 g/mol. The predicted octanol–water partition coefficient (Wildman–Crippen LogP) is -0.628. The van der Waals surface area contributed by atoms with E-state index in [2.05, 4.69) is 4.99 Å². The Balaban J connectivity index is 0. The molecule has 0 fully saturated rings. The average Bonchev–Trinajstić information content (AvgIpc) is 2.24. The minimum atomic E-state index is -1.00. The molecule has 16 heavy (non-hydrogen) atoms. The number of hydrogen-bond donors (Lipinski definition) is 4. The largest absolute Gasteiger partial charge is 0.480 e. The zero-order chi connectivity index (χ0) is 13.0. The van der Waals surface area contributed by atoms with Crippen molar-refractivity contribution in [2.75, 3.05) is 6.54 Å². The molecule has 0 aromatic rings. The van der Waals surface area contributed by atoms with E-state index in [1.165, 1.54) is 0 Å². The first-order valence-electron chi connectivity index (χ1n) is 4.86. The van der Waals surface area contributed by atoms with Gasteiger partial charge in [0.1, 0.15) is 6.04 Å². The van der Waals surface area contributed by atoms with Crippen LogP contribution in [0.1, 0.15) is 26.2 Å². The van der Waals surface area contributed by atoms with Gasteiger partial charge in [-0.25, -0.2) is 0 Å². The molecule has 7 heteroatoms. The van der Waals surface area contributed by atoms with E-state index >= 15 is 0 Å². The summed E-state index contributed by atoms with van der Waals surface area (Å²) >= 11 is 0. The van der Waals surface area contributed by atoms with Crippen LogP contribution in [0, 0.1) is 11.3 Å². The van der Waals surface area contributed by atoms with Gasteiger partial charge in [-0.2, -0.15) is 5.26 Å². The number of rotatable bonds is 5. The minimum absolute atomic E-state index is 0.0129. The van der Waals surface area contributed by atoms with Gasteiger partial charge in [0.15, 0.2) is 5.96 Å². The van der Waals surface area contributed by atoms with Crippen LogP contribution in [0.3, 0.4) is 0 Å². The maximum Gasteiger partial charge on any atom is 0.320 e. The number of aliphatic imine (C=N–C) groups is 1. The quantitative estimate of drug-likeness (QED) is 0.280. The number of carbonyl (C=O) groups is 1. The van der Waals surface area contributed by atoms with Crippen LogP contribution in [-0.2, 0) is 4.79 Å². The van der Waals surface area contributed by atoms with Gasteiger partial charge in [0.05, 0.1) is 6.07 Å². The van der Waals surface area contributed by atoms with Crippen molar-refractivity contribution in [1.29, 1.82) is 5.26 Å². The van der Waals surface area contributed by atoms with Crippen LogP contribution in [0.2, 0.25) is 0 Å². The highest BCUT2D eigenvalue weighted by Gasteiger charge is 2.09. The normalized spacial score (nSPS) is 10.3. The zero-order valence-electron chi connectivity index (χ0n) is 9.39. The Labute approximate surface area is 94.9 Å². The van der Waals surface area contributed by atoms with E-state index in [1.807, 2.05) is 13.0 Å². The molecular formula is C9H19N5O2. The predicted molar refractivity (Wildman–Crippen MR) is 61.4 cm³/mol. The van der Waals surface area contributed by atoms with Crippen molar-refractivity contribution in [1.82, 2.24) is 0 Å². The van der Waals surface area contributed by atoms with Gasteiger partial charge in [-0.15, -0.1) is 0 Å². The van der Waals surface area contributed by atoms with Crippen LogP contribution in [0.5, 0.6) is 0 Å². The van der Waals surface area contributed by atoms with Gasteiger partial charge in [-0.05, 0) is 12.8 Å². The monoisotopic (exact) mass is 229 g/mol. The van der Waals surface area contributed by atoms with Crippen molar-refractivity contribution in [3.05, 3.63) is 0 Å². The summed E-state index contributed by atoms with van der Waals surface area (Å²) < 4.78 is 0. The van der Waals surface area contributed by atoms with Crippen LogP contribution in [0.15, 0.2) is 4.99 Å². The number of nitrogens with zero attached hydrogens (tertiary/aromatic N) is 2. The summed E-state index contributed by atoms with van der Waals surface area (Å²) in [5.41, 5.74) is 15.3. The van der Waals surface area contributed by atoms with Crippen LogP contribution >= 0.6 is 0 Å². The molecule has 0 aliphatic rings. The Hall–Kier alpha value is -1.81. The van der Waals surface area contributed by atoms with Gasteiger partial charge < -0.3 is 22.3 Å². The second-order valence-corrected chi connectivity index (χ2v) is 2.91. The Bertz CT molecular complexity index is 255. The molecule has 0 spiro atoms. The van der Waals surface area contributed by atoms with E-state index < -0.39 is 12.0 Å². The molecule has 0 bridgehead atoms. The summed E-state index contributed by atoms with van der Waals surface area (Å²) in [6, 6.07) is 1.11. The molecule has 1 atom stereocenters. The summed E-state index contributed by atoms with van der Waals surface area (Å²) in [4.78, 5) is 13.9. The van der Waals surface area contributed by atoms with Gasteiger partial charge in [0.25, 0.3) is 0 Å². The van der Waals surface area contributed by atoms with Crippen LogP contribution < -0.4 is 17.2 Å². The molecule has 0 heterocycles. The van der Waals surface area contributed by atoms with E-state index in [4.69, 9.17) is 27.6 Å². The first-order chi connectivity index (χ1) is 7.45. The van der Waals surface area contributed by atoms with Gasteiger partial charge in [0.2, 0.25) is 0 Å². The van der Waals surface area contributed by atoms with Crippen molar-refractivity contribution in [3.63, 3.8) is 0 Å². The number of nitrogens with two attached hydrogens (primary N) is 3. The van der Waals surface area contributed by atoms with E-state index in [-0.39, 0.29) is 5.96 Å². The maximum atomic E-state index is 10.2. The third-order valence-corrected chi connectivity index (χ3v) is 1.44. The highest BCUT2D eigenvalue weighted by Crippen LogP contribution is 1.94. The second kappa shape index (κ2) is 11.3. The van der Waals surface area contributed by atoms with E-state index in [9.17, 15) is 4.79 Å². The Morgan fingerprint density at radius 1 is 1.56 bits per heavy atom. The summed E-state index contributed by atoms with van der Waals surface area (Å²) in [5, 5.41) is 16.0. The highest BCUT2D eigenvalue weighted by atomic mass is 16.4. The Morgan fingerprint density at radius 3 is 2.38 bits per heavy atom. The van der Waals surface area contributed by atoms with E-state index in [1.54, 1.807) is 0 Å². The van der Waals surface area contributed by atoms with Gasteiger partial charge in [-0.1, -0.05) is 6.92 Å². The van der Waals surface area contributed by atoms with Crippen molar-refractivity contribution in [2.24, 2.45) is 22.2 Å². The fourth-order valence-electron chi connectivity index (χ4n) is 0.643. The lowest BCUT2D eigenvalue weighted by molar-refractivity contribution is -0.138. The van der Waals surface area contributed by atoms with Crippen molar-refractivity contribution >= 4 is 11.9 Å². The average molecular weight is 229 g/mol. The molecule has 0 saturated carbocycles. The first-order valence-corrected chi connectivity index (χ1v) is 4.86. The molecule has 92 valence electrons. The lowest BCUT2D eigenvalue weighted by Crippen LogP contribution is -2.30. The van der Waals surface area contributed by atoms with E-state index in [0.29, 0.717) is 25.8 Å².